The van der Waals surface area contributed by atoms with Gasteiger partial charge in [-0.15, -0.1) is 0 Å². The summed E-state index contributed by atoms with van der Waals surface area (Å²) in [5, 5.41) is 10.7. The highest BCUT2D eigenvalue weighted by molar-refractivity contribution is 5.99. The summed E-state index contributed by atoms with van der Waals surface area (Å²) in [6.45, 7) is 2.82. The van der Waals surface area contributed by atoms with Gasteiger partial charge in [0.15, 0.2) is 5.65 Å². The van der Waals surface area contributed by atoms with E-state index in [0.717, 1.165) is 12.0 Å². The van der Waals surface area contributed by atoms with Crippen LogP contribution in [0.15, 0.2) is 43.0 Å². The maximum Gasteiger partial charge on any atom is 0.256 e. The van der Waals surface area contributed by atoms with Gasteiger partial charge >= 0.3 is 0 Å². The van der Waals surface area contributed by atoms with E-state index in [1.54, 1.807) is 16.9 Å². The highest BCUT2D eigenvalue weighted by atomic mass is 16.1. The van der Waals surface area contributed by atoms with Gasteiger partial charge in [0.05, 0.1) is 6.20 Å². The number of anilines is 1. The molecule has 7 heteroatoms. The van der Waals surface area contributed by atoms with Crippen LogP contribution in [0.25, 0.3) is 5.65 Å². The molecule has 0 spiro atoms. The van der Waals surface area contributed by atoms with Crippen LogP contribution in [-0.4, -0.2) is 31.5 Å². The molecule has 1 amide bonds. The summed E-state index contributed by atoms with van der Waals surface area (Å²) in [7, 11) is 0. The van der Waals surface area contributed by atoms with Crippen molar-refractivity contribution < 1.29 is 4.79 Å². The van der Waals surface area contributed by atoms with Crippen LogP contribution in [-0.2, 0) is 6.54 Å². The van der Waals surface area contributed by atoms with Crippen molar-refractivity contribution in [3.05, 3.63) is 54.1 Å². The van der Waals surface area contributed by atoms with Crippen LogP contribution in [0.3, 0.4) is 0 Å². The number of pyridine rings is 1. The number of nitrogens with one attached hydrogen (secondary N) is 2. The van der Waals surface area contributed by atoms with Crippen molar-refractivity contribution in [3.63, 3.8) is 0 Å². The maximum absolute atomic E-state index is 12.8. The van der Waals surface area contributed by atoms with Crippen molar-refractivity contribution >= 4 is 17.4 Å². The smallest absolute Gasteiger partial charge is 0.256 e. The molecule has 1 saturated carbocycles. The van der Waals surface area contributed by atoms with Gasteiger partial charge in [0.2, 0.25) is 0 Å². The van der Waals surface area contributed by atoms with E-state index in [1.165, 1.54) is 19.3 Å². The molecule has 0 radical (unpaired) electrons. The Kier molecular flexibility index (Phi) is 5.00. The molecule has 1 aliphatic carbocycles. The van der Waals surface area contributed by atoms with Crippen molar-refractivity contribution in [1.29, 1.82) is 0 Å². The van der Waals surface area contributed by atoms with Crippen LogP contribution in [0.1, 0.15) is 48.5 Å². The Morgan fingerprint density at radius 2 is 2.15 bits per heavy atom. The van der Waals surface area contributed by atoms with Gasteiger partial charge in [-0.05, 0) is 36.5 Å². The lowest BCUT2D eigenvalue weighted by atomic mass is 9.86. The zero-order valence-corrected chi connectivity index (χ0v) is 15.4. The van der Waals surface area contributed by atoms with Gasteiger partial charge in [-0.2, -0.15) is 5.10 Å². The average Bonchev–Trinajstić information content (AvgIpc) is 3.12. The monoisotopic (exact) mass is 364 g/mol. The molecule has 4 rings (SSSR count). The van der Waals surface area contributed by atoms with Crippen LogP contribution < -0.4 is 10.6 Å². The predicted octanol–water partition coefficient (Wildman–Crippen LogP) is 3.04. The molecule has 3 aromatic heterocycles. The summed E-state index contributed by atoms with van der Waals surface area (Å²) in [6, 6.07) is 5.98. The highest BCUT2D eigenvalue weighted by Gasteiger charge is 2.24. The second-order valence-electron chi connectivity index (χ2n) is 7.20. The molecule has 0 aliphatic heterocycles. The number of nitrogens with zero attached hydrogens (tertiary/aromatic N) is 4. The highest BCUT2D eigenvalue weighted by Crippen LogP contribution is 2.24. The maximum atomic E-state index is 12.8. The zero-order valence-electron chi connectivity index (χ0n) is 15.4. The number of fused-ring (bicyclic) bond motifs is 1. The van der Waals surface area contributed by atoms with E-state index in [2.05, 4.69) is 32.6 Å². The van der Waals surface area contributed by atoms with Crippen molar-refractivity contribution in [2.45, 2.75) is 45.2 Å². The Morgan fingerprint density at radius 3 is 2.96 bits per heavy atom. The first-order chi connectivity index (χ1) is 13.2. The summed E-state index contributed by atoms with van der Waals surface area (Å²) >= 11 is 0. The average molecular weight is 364 g/mol. The van der Waals surface area contributed by atoms with Crippen LogP contribution in [0.2, 0.25) is 0 Å². The van der Waals surface area contributed by atoms with Crippen LogP contribution in [0.5, 0.6) is 0 Å². The minimum atomic E-state index is -0.0966. The zero-order chi connectivity index (χ0) is 18.6. The molecule has 0 saturated heterocycles. The molecule has 7 nitrogen and oxygen atoms in total. The Balaban J connectivity index is 1.50. The number of rotatable bonds is 5. The fourth-order valence-electron chi connectivity index (χ4n) is 3.60. The first-order valence-corrected chi connectivity index (χ1v) is 9.49. The van der Waals surface area contributed by atoms with E-state index in [-0.39, 0.29) is 11.9 Å². The number of hydrogen-bond donors (Lipinski definition) is 2. The van der Waals surface area contributed by atoms with Gasteiger partial charge in [-0.3, -0.25) is 9.78 Å². The number of carbonyl (C=O) groups excluding carboxylic acids is 1. The molecule has 1 aliphatic rings. The summed E-state index contributed by atoms with van der Waals surface area (Å²) in [5.74, 6) is 1.11. The molecule has 2 atom stereocenters. The molecule has 1 fully saturated rings. The van der Waals surface area contributed by atoms with Crippen molar-refractivity contribution in [1.82, 2.24) is 24.9 Å². The molecule has 140 valence electrons. The van der Waals surface area contributed by atoms with Gasteiger partial charge in [-0.1, -0.05) is 25.8 Å². The van der Waals surface area contributed by atoms with E-state index in [4.69, 9.17) is 0 Å². The van der Waals surface area contributed by atoms with Gasteiger partial charge in [0.25, 0.3) is 5.91 Å². The third kappa shape index (κ3) is 3.92. The van der Waals surface area contributed by atoms with Gasteiger partial charge in [-0.25, -0.2) is 9.50 Å². The number of carbonyl (C=O) groups is 1. The summed E-state index contributed by atoms with van der Waals surface area (Å²) in [5.41, 5.74) is 2.14. The first-order valence-electron chi connectivity index (χ1n) is 9.49. The van der Waals surface area contributed by atoms with Crippen LogP contribution in [0, 0.1) is 5.92 Å². The molecule has 27 heavy (non-hydrogen) atoms. The summed E-state index contributed by atoms with van der Waals surface area (Å²) in [4.78, 5) is 21.5. The molecule has 0 aromatic carbocycles. The quantitative estimate of drug-likeness (QED) is 0.727. The molecule has 0 bridgehead atoms. The molecular weight excluding hydrogens is 340 g/mol. The lowest BCUT2D eigenvalue weighted by Gasteiger charge is -2.29. The third-order valence-electron chi connectivity index (χ3n) is 5.24. The second kappa shape index (κ2) is 7.73. The fourth-order valence-corrected chi connectivity index (χ4v) is 3.60. The molecule has 3 aromatic rings. The lowest BCUT2D eigenvalue weighted by molar-refractivity contribution is 0.0912. The number of amides is 1. The van der Waals surface area contributed by atoms with Gasteiger partial charge in [0.1, 0.15) is 11.4 Å². The summed E-state index contributed by atoms with van der Waals surface area (Å²) in [6.07, 6.45) is 11.6. The molecular formula is C20H24N6O. The van der Waals surface area contributed by atoms with E-state index >= 15 is 0 Å². The lowest BCUT2D eigenvalue weighted by Crippen LogP contribution is -2.41. The predicted molar refractivity (Wildman–Crippen MR) is 103 cm³/mol. The van der Waals surface area contributed by atoms with Crippen molar-refractivity contribution in [2.24, 2.45) is 5.92 Å². The van der Waals surface area contributed by atoms with Gasteiger partial charge in [0, 0.05) is 31.2 Å². The van der Waals surface area contributed by atoms with E-state index in [1.807, 2.05) is 30.6 Å². The minimum Gasteiger partial charge on any atom is -0.366 e. The topological polar surface area (TPSA) is 84.2 Å². The van der Waals surface area contributed by atoms with Crippen LogP contribution >= 0.6 is 0 Å². The minimum absolute atomic E-state index is 0.0966. The Hall–Kier alpha value is -2.96. The van der Waals surface area contributed by atoms with Gasteiger partial charge < -0.3 is 10.6 Å². The van der Waals surface area contributed by atoms with E-state index < -0.39 is 0 Å². The number of hydrogen-bond acceptors (Lipinski definition) is 5. The fraction of sp³-hybridized carbons (Fsp3) is 0.400. The standard InChI is InChI=1S/C20H24N6O/c1-14-5-2-3-7-17(14)24-20(27)16-13-23-26-10-8-18(25-19(16)26)22-12-15-6-4-9-21-11-15/h4,6,8-11,13-14,17H,2-3,5,7,12H2,1H3,(H,22,25)(H,24,27). The third-order valence-corrected chi connectivity index (χ3v) is 5.24. The second-order valence-corrected chi connectivity index (χ2v) is 7.20. The van der Waals surface area contributed by atoms with Crippen molar-refractivity contribution in [2.75, 3.05) is 5.32 Å². The normalized spacial score (nSPS) is 19.7. The van der Waals surface area contributed by atoms with Crippen LogP contribution in [0.4, 0.5) is 5.82 Å². The Bertz CT molecular complexity index is 923. The van der Waals surface area contributed by atoms with E-state index in [0.29, 0.717) is 29.5 Å². The summed E-state index contributed by atoms with van der Waals surface area (Å²) < 4.78 is 1.63. The molecule has 2 unspecified atom stereocenters. The largest absolute Gasteiger partial charge is 0.366 e. The Labute approximate surface area is 158 Å². The molecule has 3 heterocycles. The van der Waals surface area contributed by atoms with E-state index in [9.17, 15) is 4.79 Å². The Morgan fingerprint density at radius 1 is 1.26 bits per heavy atom. The first kappa shape index (κ1) is 17.5. The van der Waals surface area contributed by atoms with Crippen molar-refractivity contribution in [3.8, 4) is 0 Å². The SMILES string of the molecule is CC1CCCCC1NC(=O)c1cnn2ccc(NCc3cccnc3)nc12. The molecule has 2 N–H and O–H groups in total. The number of aromatic nitrogens is 4.